The molecule has 4 atom stereocenters. The second-order valence-corrected chi connectivity index (χ2v) is 11.4. The molecule has 0 saturated heterocycles. The first-order valence-electron chi connectivity index (χ1n) is 11.4. The van der Waals surface area contributed by atoms with E-state index in [1.807, 2.05) is 24.3 Å². The van der Waals surface area contributed by atoms with Crippen molar-refractivity contribution in [1.82, 2.24) is 0 Å². The molecule has 2 aliphatic carbocycles. The second-order valence-electron chi connectivity index (χ2n) is 9.43. The second kappa shape index (κ2) is 7.73. The molecule has 186 valence electrons. The molecular weight excluding hydrogens is 499 g/mol. The van der Waals surface area contributed by atoms with Crippen LogP contribution in [0.15, 0.2) is 72.8 Å². The van der Waals surface area contributed by atoms with Crippen LogP contribution in [0.4, 0.5) is 22.0 Å². The maximum Gasteiger partial charge on any atom is 0.423 e. The van der Waals surface area contributed by atoms with Crippen molar-refractivity contribution < 1.29 is 36.6 Å². The molecule has 6 rings (SSSR count). The normalized spacial score (nSPS) is 27.1. The highest BCUT2D eigenvalue weighted by Gasteiger charge is 2.82. The number of benzene rings is 3. The highest BCUT2D eigenvalue weighted by Crippen LogP contribution is 2.65. The summed E-state index contributed by atoms with van der Waals surface area (Å²) in [4.78, 5) is 13.7. The van der Waals surface area contributed by atoms with Gasteiger partial charge in [-0.2, -0.15) is 13.2 Å². The summed E-state index contributed by atoms with van der Waals surface area (Å²) >= 11 is 0. The van der Waals surface area contributed by atoms with Crippen LogP contribution in [0.2, 0.25) is 0 Å². The first kappa shape index (κ1) is 23.4. The zero-order valence-corrected chi connectivity index (χ0v) is 19.5. The van der Waals surface area contributed by atoms with Crippen molar-refractivity contribution in [1.29, 1.82) is 0 Å². The highest BCUT2D eigenvalue weighted by atomic mass is 32.2. The van der Waals surface area contributed by atoms with Crippen molar-refractivity contribution in [3.05, 3.63) is 78.4 Å². The van der Waals surface area contributed by atoms with Gasteiger partial charge in [0.2, 0.25) is 5.60 Å². The predicted molar refractivity (Wildman–Crippen MR) is 127 cm³/mol. The topological polar surface area (TPSA) is 46.5 Å². The van der Waals surface area contributed by atoms with Gasteiger partial charge in [-0.05, 0) is 61.4 Å². The summed E-state index contributed by atoms with van der Waals surface area (Å²) in [5, 5.41) is 12.2. The van der Waals surface area contributed by atoms with E-state index in [0.717, 1.165) is 25.1 Å². The number of hydrogen-bond acceptors (Lipinski definition) is 3. The fraction of sp³-hybridized carbons (Fsp3) is 0.296. The largest absolute Gasteiger partial charge is 0.458 e. The molecule has 3 nitrogen and oxygen atoms in total. The molecule has 3 aromatic carbocycles. The molecule has 9 heteroatoms. The fourth-order valence-electron chi connectivity index (χ4n) is 5.87. The number of carbonyl (C=O) groups excluding carboxylic acids is 1. The van der Waals surface area contributed by atoms with E-state index in [-0.39, 0.29) is 16.0 Å². The molecule has 0 aliphatic heterocycles. The molecule has 1 aromatic heterocycles. The molecule has 1 heterocycles. The number of halogens is 5. The number of carbonyl (C=O) groups is 1. The Balaban J connectivity index is 1.26. The van der Waals surface area contributed by atoms with Crippen molar-refractivity contribution in [3.63, 3.8) is 0 Å². The molecule has 1 N–H and O–H groups in total. The number of rotatable bonds is 3. The number of alkyl halides is 5. The molecule has 4 unspecified atom stereocenters. The van der Waals surface area contributed by atoms with Crippen LogP contribution in [0.25, 0.3) is 25.1 Å². The van der Waals surface area contributed by atoms with Gasteiger partial charge in [0, 0.05) is 27.2 Å². The first-order valence-corrected chi connectivity index (χ1v) is 12.7. The lowest BCUT2D eigenvalue weighted by Crippen LogP contribution is -2.64. The van der Waals surface area contributed by atoms with Crippen LogP contribution in [-0.2, 0) is 4.74 Å². The van der Waals surface area contributed by atoms with Gasteiger partial charge >= 0.3 is 12.1 Å². The number of thiophene rings is 1. The summed E-state index contributed by atoms with van der Waals surface area (Å²) in [6, 6.07) is 22.9. The molecule has 2 aliphatic rings. The van der Waals surface area contributed by atoms with Crippen molar-refractivity contribution >= 4 is 36.6 Å². The summed E-state index contributed by atoms with van der Waals surface area (Å²) in [5.41, 5.74) is -3.97. The molecule has 4 aromatic rings. The maximum atomic E-state index is 14.6. The van der Waals surface area contributed by atoms with Gasteiger partial charge in [0.15, 0.2) is 14.3 Å². The Kier molecular flexibility index (Phi) is 5.02. The standard InChI is InChI=1S/C27H20F5O3S/c28-26(29)20-13-16(25(26,34)27(30,31)32)14-21(20)35-24(33)15-9-11-17(12-10-15)36-22-7-3-1-5-18(22)19-6-2-4-8-23(19)36/h1-12,16,20-21,34H,13-14H2/q+1. The van der Waals surface area contributed by atoms with E-state index >= 15 is 0 Å². The lowest BCUT2D eigenvalue weighted by Gasteiger charge is -2.42. The zero-order chi connectivity index (χ0) is 25.5. The van der Waals surface area contributed by atoms with Crippen LogP contribution >= 0.6 is 10.5 Å². The molecular formula is C27H20F5O3S+. The minimum atomic E-state index is -5.47. The smallest absolute Gasteiger partial charge is 0.423 e. The Morgan fingerprint density at radius 1 is 0.889 bits per heavy atom. The van der Waals surface area contributed by atoms with Gasteiger partial charge in [0.25, 0.3) is 5.92 Å². The predicted octanol–water partition coefficient (Wildman–Crippen LogP) is 7.23. The Morgan fingerprint density at radius 2 is 1.44 bits per heavy atom. The number of ether oxygens (including phenoxy) is 1. The van der Waals surface area contributed by atoms with E-state index in [9.17, 15) is 31.9 Å². The Bertz CT molecular complexity index is 1440. The van der Waals surface area contributed by atoms with Crippen LogP contribution in [-0.4, -0.2) is 34.9 Å². The minimum Gasteiger partial charge on any atom is -0.458 e. The summed E-state index contributed by atoms with van der Waals surface area (Å²) in [6.07, 6.45) is -7.88. The van der Waals surface area contributed by atoms with Crippen LogP contribution in [0, 0.1) is 11.8 Å². The zero-order valence-electron chi connectivity index (χ0n) is 18.6. The summed E-state index contributed by atoms with van der Waals surface area (Å²) in [5.74, 6) is -8.92. The minimum absolute atomic E-state index is 0.125. The number of esters is 1. The molecule has 0 radical (unpaired) electrons. The molecule has 2 bridgehead atoms. The van der Waals surface area contributed by atoms with Gasteiger partial charge in [-0.3, -0.25) is 0 Å². The van der Waals surface area contributed by atoms with Gasteiger partial charge in [0.1, 0.15) is 6.10 Å². The maximum absolute atomic E-state index is 14.6. The SMILES string of the molecule is O=C(OC1CC2CC1C(F)(F)C2(O)C(F)(F)F)c1ccc(-[s+]2c3ccccc3c3ccccc32)cc1. The summed E-state index contributed by atoms with van der Waals surface area (Å²) in [7, 11) is -0.381. The Hall–Kier alpha value is -3.04. The van der Waals surface area contributed by atoms with Crippen LogP contribution < -0.4 is 0 Å². The summed E-state index contributed by atoms with van der Waals surface area (Å²) < 4.78 is 76.6. The lowest BCUT2D eigenvalue weighted by atomic mass is 9.79. The van der Waals surface area contributed by atoms with Gasteiger partial charge in [0.05, 0.1) is 11.5 Å². The number of fused-ring (bicyclic) bond motifs is 5. The molecule has 0 amide bonds. The van der Waals surface area contributed by atoms with Gasteiger partial charge in [-0.25, -0.2) is 13.6 Å². The van der Waals surface area contributed by atoms with E-state index in [2.05, 4.69) is 24.3 Å². The third kappa shape index (κ3) is 3.08. The quantitative estimate of drug-likeness (QED) is 0.177. The van der Waals surface area contributed by atoms with Crippen LogP contribution in [0.5, 0.6) is 0 Å². The van der Waals surface area contributed by atoms with Crippen molar-refractivity contribution in [2.75, 3.05) is 0 Å². The van der Waals surface area contributed by atoms with Gasteiger partial charge in [-0.15, -0.1) is 0 Å². The third-order valence-electron chi connectivity index (χ3n) is 7.59. The van der Waals surface area contributed by atoms with E-state index in [4.69, 9.17) is 4.74 Å². The van der Waals surface area contributed by atoms with Crippen molar-refractivity contribution in [2.45, 2.75) is 36.6 Å². The van der Waals surface area contributed by atoms with Crippen LogP contribution in [0.1, 0.15) is 23.2 Å². The van der Waals surface area contributed by atoms with E-state index < -0.39 is 54.5 Å². The van der Waals surface area contributed by atoms with E-state index in [0.29, 0.717) is 0 Å². The van der Waals surface area contributed by atoms with E-state index in [1.54, 1.807) is 24.3 Å². The Labute approximate surface area is 205 Å². The molecule has 36 heavy (non-hydrogen) atoms. The molecule has 2 saturated carbocycles. The average Bonchev–Trinajstić information content (AvgIpc) is 3.48. The van der Waals surface area contributed by atoms with Crippen molar-refractivity contribution in [2.24, 2.45) is 11.8 Å². The van der Waals surface area contributed by atoms with Gasteiger partial charge in [-0.1, -0.05) is 24.3 Å². The van der Waals surface area contributed by atoms with Crippen molar-refractivity contribution in [3.8, 4) is 4.90 Å². The third-order valence-corrected chi connectivity index (χ3v) is 9.92. The van der Waals surface area contributed by atoms with E-state index in [1.165, 1.54) is 0 Å². The monoisotopic (exact) mass is 519 g/mol. The highest BCUT2D eigenvalue weighted by molar-refractivity contribution is 7.50. The average molecular weight is 520 g/mol. The summed E-state index contributed by atoms with van der Waals surface area (Å²) in [6.45, 7) is 0. The molecule has 2 fully saturated rings. The fourth-order valence-corrected chi connectivity index (χ4v) is 8.24. The van der Waals surface area contributed by atoms with Crippen LogP contribution in [0.3, 0.4) is 0 Å². The number of hydrogen-bond donors (Lipinski definition) is 1. The first-order chi connectivity index (χ1) is 17.0. The number of aliphatic hydroxyl groups is 1. The molecule has 0 spiro atoms. The Morgan fingerprint density at radius 3 is 1.97 bits per heavy atom. The lowest BCUT2D eigenvalue weighted by molar-refractivity contribution is -0.352. The van der Waals surface area contributed by atoms with Gasteiger partial charge < -0.3 is 9.84 Å².